The van der Waals surface area contributed by atoms with E-state index in [9.17, 15) is 8.42 Å². The summed E-state index contributed by atoms with van der Waals surface area (Å²) in [5.41, 5.74) is 1.60. The van der Waals surface area contributed by atoms with Crippen molar-refractivity contribution in [1.29, 1.82) is 0 Å². The van der Waals surface area contributed by atoms with Gasteiger partial charge in [0, 0.05) is 18.6 Å². The minimum atomic E-state index is -3.61. The summed E-state index contributed by atoms with van der Waals surface area (Å²) >= 11 is 0. The molecule has 0 atom stereocenters. The van der Waals surface area contributed by atoms with Crippen molar-refractivity contribution >= 4 is 15.7 Å². The first kappa shape index (κ1) is 16.0. The van der Waals surface area contributed by atoms with E-state index in [1.165, 1.54) is 13.3 Å². The third-order valence-corrected chi connectivity index (χ3v) is 4.55. The zero-order chi connectivity index (χ0) is 17.0. The van der Waals surface area contributed by atoms with Gasteiger partial charge in [0.15, 0.2) is 0 Å². The van der Waals surface area contributed by atoms with Crippen LogP contribution in [-0.4, -0.2) is 30.3 Å². The molecule has 2 heterocycles. The summed E-state index contributed by atoms with van der Waals surface area (Å²) < 4.78 is 34.2. The van der Waals surface area contributed by atoms with Crippen molar-refractivity contribution in [3.63, 3.8) is 0 Å². The fourth-order valence-corrected chi connectivity index (χ4v) is 3.45. The van der Waals surface area contributed by atoms with Crippen LogP contribution in [0.1, 0.15) is 5.56 Å². The Kier molecular flexibility index (Phi) is 4.48. The van der Waals surface area contributed by atoms with Gasteiger partial charge in [-0.05, 0) is 29.8 Å². The van der Waals surface area contributed by atoms with Crippen LogP contribution >= 0.6 is 0 Å². The van der Waals surface area contributed by atoms with Crippen molar-refractivity contribution in [2.45, 2.75) is 5.75 Å². The number of benzene rings is 1. The van der Waals surface area contributed by atoms with E-state index in [0.29, 0.717) is 22.7 Å². The van der Waals surface area contributed by atoms with Gasteiger partial charge in [-0.3, -0.25) is 9.71 Å². The number of pyridine rings is 1. The maximum atomic E-state index is 12.5. The molecule has 0 bridgehead atoms. The molecule has 1 N–H and O–H groups in total. The molecule has 0 amide bonds. The lowest BCUT2D eigenvalue weighted by molar-refractivity contribution is 0.414. The number of nitrogens with zero attached hydrogens (tertiary/aromatic N) is 3. The molecule has 0 fully saturated rings. The van der Waals surface area contributed by atoms with Crippen molar-refractivity contribution in [2.75, 3.05) is 11.8 Å². The molecular formula is C16H16N4O3S. The van der Waals surface area contributed by atoms with Gasteiger partial charge in [0.1, 0.15) is 5.75 Å². The van der Waals surface area contributed by atoms with Crippen molar-refractivity contribution in [3.05, 3.63) is 66.7 Å². The third kappa shape index (κ3) is 3.72. The van der Waals surface area contributed by atoms with Gasteiger partial charge in [-0.25, -0.2) is 13.1 Å². The second-order valence-electron chi connectivity index (χ2n) is 5.06. The number of ether oxygens (including phenoxy) is 1. The summed E-state index contributed by atoms with van der Waals surface area (Å²) in [6.07, 6.45) is 6.39. The minimum absolute atomic E-state index is 0.169. The molecule has 2 aromatic heterocycles. The van der Waals surface area contributed by atoms with Gasteiger partial charge in [-0.15, -0.1) is 0 Å². The number of anilines is 1. The Morgan fingerprint density at radius 1 is 1.21 bits per heavy atom. The molecule has 0 unspecified atom stereocenters. The van der Waals surface area contributed by atoms with Crippen LogP contribution in [0.2, 0.25) is 0 Å². The number of hydrogen-bond donors (Lipinski definition) is 1. The average Bonchev–Trinajstić information content (AvgIpc) is 3.09. The van der Waals surface area contributed by atoms with E-state index in [-0.39, 0.29) is 5.75 Å². The lowest BCUT2D eigenvalue weighted by Crippen LogP contribution is -2.17. The van der Waals surface area contributed by atoms with Gasteiger partial charge in [0.2, 0.25) is 10.0 Å². The summed E-state index contributed by atoms with van der Waals surface area (Å²) in [5.74, 6) is 0.443. The minimum Gasteiger partial charge on any atom is -0.497 e. The van der Waals surface area contributed by atoms with Crippen LogP contribution in [-0.2, 0) is 15.8 Å². The van der Waals surface area contributed by atoms with E-state index in [2.05, 4.69) is 14.8 Å². The number of methoxy groups -OCH3 is 1. The molecule has 0 aliphatic carbocycles. The van der Waals surface area contributed by atoms with Gasteiger partial charge < -0.3 is 4.74 Å². The van der Waals surface area contributed by atoms with Crippen molar-refractivity contribution in [3.8, 4) is 11.4 Å². The zero-order valence-electron chi connectivity index (χ0n) is 13.0. The fraction of sp³-hybridized carbons (Fsp3) is 0.125. The SMILES string of the molecule is COc1cccc(CS(=O)(=O)Nc2cnccc2-n2cccn2)c1. The Labute approximate surface area is 140 Å². The molecule has 124 valence electrons. The maximum absolute atomic E-state index is 12.5. The average molecular weight is 344 g/mol. The summed E-state index contributed by atoms with van der Waals surface area (Å²) in [7, 11) is -2.07. The largest absolute Gasteiger partial charge is 0.497 e. The van der Waals surface area contributed by atoms with Gasteiger partial charge >= 0.3 is 0 Å². The van der Waals surface area contributed by atoms with Gasteiger partial charge in [-0.2, -0.15) is 5.10 Å². The first-order chi connectivity index (χ1) is 11.6. The number of hydrogen-bond acceptors (Lipinski definition) is 5. The second kappa shape index (κ2) is 6.71. The van der Waals surface area contributed by atoms with E-state index < -0.39 is 10.0 Å². The van der Waals surface area contributed by atoms with Crippen molar-refractivity contribution in [2.24, 2.45) is 0 Å². The number of rotatable bonds is 6. The van der Waals surface area contributed by atoms with Crippen LogP contribution in [0.5, 0.6) is 5.75 Å². The Morgan fingerprint density at radius 3 is 2.83 bits per heavy atom. The molecule has 3 rings (SSSR count). The van der Waals surface area contributed by atoms with Gasteiger partial charge in [0.25, 0.3) is 0 Å². The standard InChI is InChI=1S/C16H16N4O3S/c1-23-14-5-2-4-13(10-14)12-24(21,22)19-15-11-17-8-6-16(15)20-9-3-7-18-20/h2-11,19H,12H2,1H3. The summed E-state index contributed by atoms with van der Waals surface area (Å²) in [5, 5.41) is 4.12. The molecule has 0 saturated heterocycles. The Hall–Kier alpha value is -2.87. The molecular weight excluding hydrogens is 328 g/mol. The monoisotopic (exact) mass is 344 g/mol. The van der Waals surface area contributed by atoms with Crippen LogP contribution in [0.3, 0.4) is 0 Å². The number of aromatic nitrogens is 3. The van der Waals surface area contributed by atoms with E-state index in [4.69, 9.17) is 4.74 Å². The van der Waals surface area contributed by atoms with E-state index in [1.54, 1.807) is 59.7 Å². The molecule has 8 heteroatoms. The first-order valence-corrected chi connectivity index (χ1v) is 8.80. The summed E-state index contributed by atoms with van der Waals surface area (Å²) in [6, 6.07) is 10.4. The molecule has 0 radical (unpaired) electrons. The van der Waals surface area contributed by atoms with Crippen LogP contribution in [0, 0.1) is 0 Å². The lowest BCUT2D eigenvalue weighted by atomic mass is 10.2. The molecule has 0 saturated carbocycles. The molecule has 0 aliphatic rings. The van der Waals surface area contributed by atoms with Crippen LogP contribution in [0.15, 0.2) is 61.2 Å². The quantitative estimate of drug-likeness (QED) is 0.741. The van der Waals surface area contributed by atoms with Crippen LogP contribution in [0.4, 0.5) is 5.69 Å². The number of sulfonamides is 1. The van der Waals surface area contributed by atoms with E-state index >= 15 is 0 Å². The Bertz CT molecular complexity index is 924. The molecule has 3 aromatic rings. The van der Waals surface area contributed by atoms with E-state index in [0.717, 1.165) is 0 Å². The second-order valence-corrected chi connectivity index (χ2v) is 6.78. The molecule has 0 aliphatic heterocycles. The third-order valence-electron chi connectivity index (χ3n) is 3.31. The Balaban J connectivity index is 1.85. The fourth-order valence-electron chi connectivity index (χ4n) is 2.26. The highest BCUT2D eigenvalue weighted by Gasteiger charge is 2.15. The van der Waals surface area contributed by atoms with E-state index in [1.807, 2.05) is 0 Å². The smallest absolute Gasteiger partial charge is 0.237 e. The predicted molar refractivity (Wildman–Crippen MR) is 90.6 cm³/mol. The zero-order valence-corrected chi connectivity index (χ0v) is 13.8. The highest BCUT2D eigenvalue weighted by molar-refractivity contribution is 7.91. The number of nitrogens with one attached hydrogen (secondary N) is 1. The van der Waals surface area contributed by atoms with Crippen molar-refractivity contribution < 1.29 is 13.2 Å². The molecule has 0 spiro atoms. The summed E-state index contributed by atoms with van der Waals surface area (Å²) in [4.78, 5) is 3.99. The van der Waals surface area contributed by atoms with Crippen LogP contribution in [0.25, 0.3) is 5.69 Å². The highest BCUT2D eigenvalue weighted by atomic mass is 32.2. The van der Waals surface area contributed by atoms with Gasteiger partial charge in [0.05, 0.1) is 30.4 Å². The summed E-state index contributed by atoms with van der Waals surface area (Å²) in [6.45, 7) is 0. The lowest BCUT2D eigenvalue weighted by Gasteiger charge is -2.12. The highest BCUT2D eigenvalue weighted by Crippen LogP contribution is 2.21. The maximum Gasteiger partial charge on any atom is 0.237 e. The Morgan fingerprint density at radius 2 is 2.08 bits per heavy atom. The predicted octanol–water partition coefficient (Wildman–Crippen LogP) is 2.22. The molecule has 1 aromatic carbocycles. The van der Waals surface area contributed by atoms with Gasteiger partial charge in [-0.1, -0.05) is 12.1 Å². The normalized spacial score (nSPS) is 11.2. The first-order valence-electron chi connectivity index (χ1n) is 7.15. The molecule has 7 nitrogen and oxygen atoms in total. The molecule has 24 heavy (non-hydrogen) atoms. The van der Waals surface area contributed by atoms with Crippen LogP contribution < -0.4 is 9.46 Å². The van der Waals surface area contributed by atoms with Crippen molar-refractivity contribution in [1.82, 2.24) is 14.8 Å². The topological polar surface area (TPSA) is 86.1 Å².